The predicted octanol–water partition coefficient (Wildman–Crippen LogP) is 4.88. The van der Waals surface area contributed by atoms with Crippen molar-refractivity contribution in [3.05, 3.63) is 59.3 Å². The van der Waals surface area contributed by atoms with E-state index < -0.39 is 0 Å². The topological polar surface area (TPSA) is 40.7 Å². The van der Waals surface area contributed by atoms with E-state index in [1.165, 1.54) is 28.8 Å². The minimum Gasteiger partial charge on any atom is -0.377 e. The van der Waals surface area contributed by atoms with Gasteiger partial charge < -0.3 is 10.3 Å². The van der Waals surface area contributed by atoms with Gasteiger partial charge in [-0.25, -0.2) is 4.39 Å². The van der Waals surface area contributed by atoms with Crippen molar-refractivity contribution in [3.8, 4) is 0 Å². The summed E-state index contributed by atoms with van der Waals surface area (Å²) in [7, 11) is 0. The molecule has 0 aliphatic carbocycles. The molecule has 0 fully saturated rings. The molecular formula is C18H20FN3. The third-order valence-electron chi connectivity index (χ3n) is 4.18. The van der Waals surface area contributed by atoms with Crippen LogP contribution in [0, 0.1) is 19.7 Å². The maximum atomic E-state index is 13.0. The van der Waals surface area contributed by atoms with Crippen LogP contribution in [-0.2, 0) is 0 Å². The number of pyridine rings is 1. The van der Waals surface area contributed by atoms with Crippen LogP contribution in [0.15, 0.2) is 36.5 Å². The highest BCUT2D eigenvalue weighted by Crippen LogP contribution is 2.29. The van der Waals surface area contributed by atoms with Gasteiger partial charge in [-0.2, -0.15) is 0 Å². The van der Waals surface area contributed by atoms with Crippen LogP contribution in [0.2, 0.25) is 0 Å². The van der Waals surface area contributed by atoms with Crippen molar-refractivity contribution in [3.63, 3.8) is 0 Å². The Morgan fingerprint density at radius 3 is 2.59 bits per heavy atom. The first-order chi connectivity index (χ1) is 10.6. The quantitative estimate of drug-likeness (QED) is 0.720. The van der Waals surface area contributed by atoms with Crippen molar-refractivity contribution in [2.45, 2.75) is 33.2 Å². The van der Waals surface area contributed by atoms with Crippen molar-refractivity contribution in [1.82, 2.24) is 9.97 Å². The molecule has 0 saturated heterocycles. The van der Waals surface area contributed by atoms with Gasteiger partial charge in [0.2, 0.25) is 0 Å². The van der Waals surface area contributed by atoms with Crippen LogP contribution in [-0.4, -0.2) is 9.97 Å². The van der Waals surface area contributed by atoms with Crippen LogP contribution < -0.4 is 5.32 Å². The fourth-order valence-electron chi connectivity index (χ4n) is 2.78. The van der Waals surface area contributed by atoms with E-state index in [1.807, 2.05) is 12.3 Å². The molecule has 3 rings (SSSR count). The van der Waals surface area contributed by atoms with Crippen molar-refractivity contribution in [2.75, 3.05) is 5.32 Å². The SMILES string of the molecule is CCC(Nc1ccc(F)cc1)c1nccc2c(C)c(C)[nH]c12. The van der Waals surface area contributed by atoms with Gasteiger partial charge >= 0.3 is 0 Å². The Morgan fingerprint density at radius 2 is 1.91 bits per heavy atom. The molecule has 114 valence electrons. The average molecular weight is 297 g/mol. The summed E-state index contributed by atoms with van der Waals surface area (Å²) in [4.78, 5) is 8.02. The van der Waals surface area contributed by atoms with Gasteiger partial charge in [0, 0.05) is 23.0 Å². The molecule has 3 aromatic rings. The Labute approximate surface area is 129 Å². The number of aromatic amines is 1. The molecule has 0 radical (unpaired) electrons. The molecule has 2 aromatic heterocycles. The Balaban J connectivity index is 2.00. The molecular weight excluding hydrogens is 277 g/mol. The molecule has 2 heterocycles. The van der Waals surface area contributed by atoms with Crippen LogP contribution in [0.1, 0.15) is 36.3 Å². The highest BCUT2D eigenvalue weighted by atomic mass is 19.1. The van der Waals surface area contributed by atoms with E-state index in [2.05, 4.69) is 36.1 Å². The molecule has 22 heavy (non-hydrogen) atoms. The zero-order valence-electron chi connectivity index (χ0n) is 13.1. The number of anilines is 1. The van der Waals surface area contributed by atoms with Gasteiger partial charge in [0.15, 0.2) is 0 Å². The number of nitrogens with zero attached hydrogens (tertiary/aromatic N) is 1. The Kier molecular flexibility index (Phi) is 3.84. The van der Waals surface area contributed by atoms with Gasteiger partial charge in [-0.1, -0.05) is 6.92 Å². The fourth-order valence-corrected chi connectivity index (χ4v) is 2.78. The number of nitrogens with one attached hydrogen (secondary N) is 2. The van der Waals surface area contributed by atoms with Gasteiger partial charge in [0.1, 0.15) is 5.82 Å². The summed E-state index contributed by atoms with van der Waals surface area (Å²) in [6.45, 7) is 6.31. The van der Waals surface area contributed by atoms with Crippen molar-refractivity contribution in [2.24, 2.45) is 0 Å². The molecule has 0 amide bonds. The number of benzene rings is 1. The van der Waals surface area contributed by atoms with Crippen LogP contribution in [0.4, 0.5) is 10.1 Å². The second-order valence-corrected chi connectivity index (χ2v) is 5.61. The molecule has 2 N–H and O–H groups in total. The lowest BCUT2D eigenvalue weighted by molar-refractivity contribution is 0.627. The van der Waals surface area contributed by atoms with Gasteiger partial charge in [0.25, 0.3) is 0 Å². The van der Waals surface area contributed by atoms with Crippen LogP contribution in [0.25, 0.3) is 10.9 Å². The smallest absolute Gasteiger partial charge is 0.123 e. The van der Waals surface area contributed by atoms with Gasteiger partial charge in [-0.15, -0.1) is 0 Å². The summed E-state index contributed by atoms with van der Waals surface area (Å²) >= 11 is 0. The molecule has 0 aliphatic rings. The number of H-pyrrole nitrogens is 1. The molecule has 0 saturated carbocycles. The second kappa shape index (κ2) is 5.79. The van der Waals surface area contributed by atoms with E-state index in [9.17, 15) is 4.39 Å². The molecule has 1 atom stereocenters. The third kappa shape index (κ3) is 2.56. The minimum absolute atomic E-state index is 0.0756. The zero-order valence-corrected chi connectivity index (χ0v) is 13.1. The van der Waals surface area contributed by atoms with E-state index in [-0.39, 0.29) is 11.9 Å². The first-order valence-electron chi connectivity index (χ1n) is 7.56. The van der Waals surface area contributed by atoms with E-state index >= 15 is 0 Å². The number of aryl methyl sites for hydroxylation is 2. The number of halogens is 1. The van der Waals surface area contributed by atoms with Gasteiger partial charge in [0.05, 0.1) is 17.3 Å². The predicted molar refractivity (Wildman–Crippen MR) is 88.6 cm³/mol. The normalized spacial score (nSPS) is 12.5. The minimum atomic E-state index is -0.227. The average Bonchev–Trinajstić information content (AvgIpc) is 2.82. The lowest BCUT2D eigenvalue weighted by Gasteiger charge is -2.18. The maximum absolute atomic E-state index is 13.0. The summed E-state index contributed by atoms with van der Waals surface area (Å²) in [5.74, 6) is -0.227. The molecule has 0 spiro atoms. The van der Waals surface area contributed by atoms with E-state index in [0.29, 0.717) is 0 Å². The van der Waals surface area contributed by atoms with Crippen LogP contribution in [0.5, 0.6) is 0 Å². The van der Waals surface area contributed by atoms with Crippen molar-refractivity contribution < 1.29 is 4.39 Å². The standard InChI is InChI=1S/C18H20FN3/c1-4-16(22-14-7-5-13(19)6-8-14)18-17-15(9-10-20-18)11(2)12(3)21-17/h5-10,16,21-22H,4H2,1-3H3. The van der Waals surface area contributed by atoms with Crippen LogP contribution >= 0.6 is 0 Å². The van der Waals surface area contributed by atoms with E-state index in [1.54, 1.807) is 12.1 Å². The molecule has 0 aliphatic heterocycles. The Morgan fingerprint density at radius 1 is 1.18 bits per heavy atom. The number of fused-ring (bicyclic) bond motifs is 1. The van der Waals surface area contributed by atoms with Gasteiger partial charge in [-0.3, -0.25) is 4.98 Å². The van der Waals surface area contributed by atoms with E-state index in [0.717, 1.165) is 23.3 Å². The molecule has 0 bridgehead atoms. The summed E-state index contributed by atoms with van der Waals surface area (Å²) in [5, 5.41) is 4.65. The maximum Gasteiger partial charge on any atom is 0.123 e. The lowest BCUT2D eigenvalue weighted by atomic mass is 10.1. The summed E-state index contributed by atoms with van der Waals surface area (Å²) in [6.07, 6.45) is 2.74. The number of hydrogen-bond donors (Lipinski definition) is 2. The summed E-state index contributed by atoms with van der Waals surface area (Å²) < 4.78 is 13.0. The summed E-state index contributed by atoms with van der Waals surface area (Å²) in [5.41, 5.74) is 5.41. The summed E-state index contributed by atoms with van der Waals surface area (Å²) in [6, 6.07) is 8.55. The molecule has 1 aromatic carbocycles. The number of hydrogen-bond acceptors (Lipinski definition) is 2. The monoisotopic (exact) mass is 297 g/mol. The van der Waals surface area contributed by atoms with Gasteiger partial charge in [-0.05, 0) is 56.2 Å². The number of aromatic nitrogens is 2. The van der Waals surface area contributed by atoms with E-state index in [4.69, 9.17) is 0 Å². The molecule has 3 nitrogen and oxygen atoms in total. The Hall–Kier alpha value is -2.36. The zero-order chi connectivity index (χ0) is 15.7. The largest absolute Gasteiger partial charge is 0.377 e. The van der Waals surface area contributed by atoms with Crippen molar-refractivity contribution >= 4 is 16.6 Å². The third-order valence-corrected chi connectivity index (χ3v) is 4.18. The highest BCUT2D eigenvalue weighted by Gasteiger charge is 2.17. The van der Waals surface area contributed by atoms with Crippen LogP contribution in [0.3, 0.4) is 0 Å². The second-order valence-electron chi connectivity index (χ2n) is 5.61. The van der Waals surface area contributed by atoms with Crippen molar-refractivity contribution in [1.29, 1.82) is 0 Å². The fraction of sp³-hybridized carbons (Fsp3) is 0.278. The Bertz CT molecular complexity index is 790. The number of rotatable bonds is 4. The highest BCUT2D eigenvalue weighted by molar-refractivity contribution is 5.86. The first-order valence-corrected chi connectivity index (χ1v) is 7.56. The first kappa shape index (κ1) is 14.6. The molecule has 4 heteroatoms. The lowest BCUT2D eigenvalue weighted by Crippen LogP contribution is -2.12. The molecule has 1 unspecified atom stereocenters.